The first-order chi connectivity index (χ1) is 12.8. The summed E-state index contributed by atoms with van der Waals surface area (Å²) in [5.41, 5.74) is 1.40. The zero-order chi connectivity index (χ0) is 17.8. The van der Waals surface area contributed by atoms with Crippen molar-refractivity contribution in [2.45, 2.75) is 0 Å². The largest absolute Gasteiger partial charge is 0.484 e. The van der Waals surface area contributed by atoms with Crippen LogP contribution in [0.3, 0.4) is 0 Å². The molecule has 0 spiro atoms. The van der Waals surface area contributed by atoms with E-state index >= 15 is 0 Å². The summed E-state index contributed by atoms with van der Waals surface area (Å²) in [6.45, 7) is -0.0759. The molecule has 0 aliphatic rings. The third-order valence-corrected chi connectivity index (χ3v) is 3.83. The van der Waals surface area contributed by atoms with Crippen LogP contribution in [0.2, 0.25) is 0 Å². The molecule has 7 nitrogen and oxygen atoms in total. The maximum atomic E-state index is 12.2. The number of ether oxygens (including phenoxy) is 1. The number of anilines is 1. The Bertz CT molecular complexity index is 1050. The first kappa shape index (κ1) is 15.8. The van der Waals surface area contributed by atoms with Gasteiger partial charge in [0.05, 0.1) is 5.69 Å². The van der Waals surface area contributed by atoms with E-state index in [-0.39, 0.29) is 12.5 Å². The lowest BCUT2D eigenvalue weighted by Crippen LogP contribution is -2.20. The molecule has 1 heterocycles. The molecule has 128 valence electrons. The van der Waals surface area contributed by atoms with Crippen molar-refractivity contribution in [2.75, 3.05) is 11.9 Å². The summed E-state index contributed by atoms with van der Waals surface area (Å²) >= 11 is 0. The number of carbonyl (C=O) groups excluding carboxylic acids is 1. The van der Waals surface area contributed by atoms with Crippen molar-refractivity contribution in [1.82, 2.24) is 20.2 Å². The quantitative estimate of drug-likeness (QED) is 0.601. The molecular weight excluding hydrogens is 330 g/mol. The monoisotopic (exact) mass is 345 g/mol. The highest BCUT2D eigenvalue weighted by Crippen LogP contribution is 2.20. The summed E-state index contributed by atoms with van der Waals surface area (Å²) in [6.07, 6.45) is 1.49. The van der Waals surface area contributed by atoms with Crippen molar-refractivity contribution in [3.8, 4) is 11.4 Å². The van der Waals surface area contributed by atoms with Gasteiger partial charge in [0, 0.05) is 5.69 Å². The van der Waals surface area contributed by atoms with Crippen LogP contribution in [0.5, 0.6) is 5.75 Å². The fraction of sp³-hybridized carbons (Fsp3) is 0.0526. The smallest absolute Gasteiger partial charge is 0.262 e. The van der Waals surface area contributed by atoms with Gasteiger partial charge in [-0.25, -0.2) is 4.68 Å². The highest BCUT2D eigenvalue weighted by atomic mass is 16.5. The minimum Gasteiger partial charge on any atom is -0.484 e. The summed E-state index contributed by atoms with van der Waals surface area (Å²) in [4.78, 5) is 12.2. The average Bonchev–Trinajstić information content (AvgIpc) is 3.21. The van der Waals surface area contributed by atoms with Crippen LogP contribution in [0.1, 0.15) is 0 Å². The maximum absolute atomic E-state index is 12.2. The fourth-order valence-corrected chi connectivity index (χ4v) is 2.61. The van der Waals surface area contributed by atoms with E-state index in [1.165, 1.54) is 11.0 Å². The van der Waals surface area contributed by atoms with Crippen LogP contribution < -0.4 is 10.1 Å². The molecular formula is C19H15N5O2. The number of fused-ring (bicyclic) bond motifs is 1. The van der Waals surface area contributed by atoms with E-state index in [4.69, 9.17) is 4.74 Å². The standard InChI is InChI=1S/C19H15N5O2/c25-19(12-26-18-9-8-14-4-1-2-5-15(14)10-18)21-16-6-3-7-17(11-16)24-13-20-22-23-24/h1-11,13H,12H2,(H,21,25). The Morgan fingerprint density at radius 3 is 2.73 bits per heavy atom. The number of tetrazole rings is 1. The van der Waals surface area contributed by atoms with Gasteiger partial charge in [0.25, 0.3) is 5.91 Å². The number of hydrogen-bond donors (Lipinski definition) is 1. The van der Waals surface area contributed by atoms with E-state index in [1.54, 1.807) is 12.1 Å². The highest BCUT2D eigenvalue weighted by Gasteiger charge is 2.06. The number of amides is 1. The van der Waals surface area contributed by atoms with E-state index in [0.717, 1.165) is 16.5 Å². The molecule has 0 radical (unpaired) electrons. The summed E-state index contributed by atoms with van der Waals surface area (Å²) in [7, 11) is 0. The van der Waals surface area contributed by atoms with Gasteiger partial charge in [-0.15, -0.1) is 5.10 Å². The maximum Gasteiger partial charge on any atom is 0.262 e. The Morgan fingerprint density at radius 1 is 1.00 bits per heavy atom. The van der Waals surface area contributed by atoms with Gasteiger partial charge in [-0.2, -0.15) is 0 Å². The normalized spacial score (nSPS) is 10.6. The molecule has 4 aromatic rings. The molecule has 1 aromatic heterocycles. The number of nitrogens with zero attached hydrogens (tertiary/aromatic N) is 4. The molecule has 26 heavy (non-hydrogen) atoms. The number of nitrogens with one attached hydrogen (secondary N) is 1. The lowest BCUT2D eigenvalue weighted by Gasteiger charge is -2.09. The van der Waals surface area contributed by atoms with Crippen molar-refractivity contribution >= 4 is 22.4 Å². The van der Waals surface area contributed by atoms with Gasteiger partial charge in [-0.05, 0) is 51.5 Å². The number of aromatic nitrogens is 4. The summed E-state index contributed by atoms with van der Waals surface area (Å²) in [5.74, 6) is 0.410. The van der Waals surface area contributed by atoms with Crippen LogP contribution in [0.25, 0.3) is 16.5 Å². The SMILES string of the molecule is O=C(COc1ccc2ccccc2c1)Nc1cccc(-n2cnnn2)c1. The van der Waals surface area contributed by atoms with Crippen molar-refractivity contribution < 1.29 is 9.53 Å². The van der Waals surface area contributed by atoms with Crippen LogP contribution in [0.4, 0.5) is 5.69 Å². The molecule has 1 amide bonds. The summed E-state index contributed by atoms with van der Waals surface area (Å²) in [6, 6.07) is 21.0. The molecule has 0 saturated heterocycles. The molecule has 0 aliphatic heterocycles. The molecule has 1 N–H and O–H groups in total. The van der Waals surface area contributed by atoms with Crippen LogP contribution in [0, 0.1) is 0 Å². The number of carbonyl (C=O) groups is 1. The van der Waals surface area contributed by atoms with Gasteiger partial charge >= 0.3 is 0 Å². The Morgan fingerprint density at radius 2 is 1.88 bits per heavy atom. The second-order valence-corrected chi connectivity index (χ2v) is 5.65. The predicted molar refractivity (Wildman–Crippen MR) is 97.2 cm³/mol. The Balaban J connectivity index is 1.40. The minimum absolute atomic E-state index is 0.0759. The topological polar surface area (TPSA) is 81.9 Å². The van der Waals surface area contributed by atoms with Gasteiger partial charge in [0.1, 0.15) is 12.1 Å². The molecule has 0 aliphatic carbocycles. The minimum atomic E-state index is -0.243. The lowest BCUT2D eigenvalue weighted by molar-refractivity contribution is -0.118. The molecule has 3 aromatic carbocycles. The number of hydrogen-bond acceptors (Lipinski definition) is 5. The van der Waals surface area contributed by atoms with E-state index in [2.05, 4.69) is 20.8 Å². The van der Waals surface area contributed by atoms with Gasteiger partial charge in [0.15, 0.2) is 6.61 Å². The molecule has 0 bridgehead atoms. The van der Waals surface area contributed by atoms with Crippen molar-refractivity contribution in [3.63, 3.8) is 0 Å². The Hall–Kier alpha value is -3.74. The molecule has 0 unspecified atom stereocenters. The van der Waals surface area contributed by atoms with Gasteiger partial charge < -0.3 is 10.1 Å². The molecule has 0 saturated carbocycles. The first-order valence-corrected chi connectivity index (χ1v) is 8.03. The lowest BCUT2D eigenvalue weighted by atomic mass is 10.1. The van der Waals surface area contributed by atoms with Crippen LogP contribution >= 0.6 is 0 Å². The Labute approximate surface area is 149 Å². The van der Waals surface area contributed by atoms with E-state index in [1.807, 2.05) is 54.6 Å². The number of rotatable bonds is 5. The summed E-state index contributed by atoms with van der Waals surface area (Å²) < 4.78 is 7.12. The van der Waals surface area contributed by atoms with Crippen LogP contribution in [-0.2, 0) is 4.79 Å². The van der Waals surface area contributed by atoms with Gasteiger partial charge in [0.2, 0.25) is 0 Å². The van der Waals surface area contributed by atoms with E-state index < -0.39 is 0 Å². The Kier molecular flexibility index (Phi) is 4.26. The highest BCUT2D eigenvalue weighted by molar-refractivity contribution is 5.92. The van der Waals surface area contributed by atoms with Crippen molar-refractivity contribution in [3.05, 3.63) is 73.1 Å². The zero-order valence-corrected chi connectivity index (χ0v) is 13.7. The number of benzene rings is 3. The van der Waals surface area contributed by atoms with Crippen LogP contribution in [0.15, 0.2) is 73.1 Å². The second-order valence-electron chi connectivity index (χ2n) is 5.65. The van der Waals surface area contributed by atoms with Gasteiger partial charge in [-0.1, -0.05) is 36.4 Å². The predicted octanol–water partition coefficient (Wildman–Crippen LogP) is 2.83. The van der Waals surface area contributed by atoms with Crippen molar-refractivity contribution in [1.29, 1.82) is 0 Å². The fourth-order valence-electron chi connectivity index (χ4n) is 2.61. The first-order valence-electron chi connectivity index (χ1n) is 8.03. The van der Waals surface area contributed by atoms with Gasteiger partial charge in [-0.3, -0.25) is 4.79 Å². The van der Waals surface area contributed by atoms with E-state index in [9.17, 15) is 4.79 Å². The second kappa shape index (κ2) is 7.02. The molecule has 0 fully saturated rings. The van der Waals surface area contributed by atoms with Crippen LogP contribution in [-0.4, -0.2) is 32.7 Å². The summed E-state index contributed by atoms with van der Waals surface area (Å²) in [5, 5.41) is 16.0. The van der Waals surface area contributed by atoms with Crippen molar-refractivity contribution in [2.24, 2.45) is 0 Å². The third kappa shape index (κ3) is 3.51. The molecule has 0 atom stereocenters. The molecule has 7 heteroatoms. The molecule has 4 rings (SSSR count). The third-order valence-electron chi connectivity index (χ3n) is 3.83. The average molecular weight is 345 g/mol. The van der Waals surface area contributed by atoms with E-state index in [0.29, 0.717) is 11.4 Å². The zero-order valence-electron chi connectivity index (χ0n) is 13.7.